The van der Waals surface area contributed by atoms with Gasteiger partial charge in [0.2, 0.25) is 0 Å². The lowest BCUT2D eigenvalue weighted by molar-refractivity contribution is -0.209. The molecule has 1 unspecified atom stereocenters. The van der Waals surface area contributed by atoms with Gasteiger partial charge in [-0.1, -0.05) is 20.8 Å². The van der Waals surface area contributed by atoms with Crippen molar-refractivity contribution < 1.29 is 45.0 Å². The monoisotopic (exact) mass is 536 g/mol. The van der Waals surface area contributed by atoms with E-state index in [0.29, 0.717) is 44.1 Å². The van der Waals surface area contributed by atoms with Gasteiger partial charge in [-0.3, -0.25) is 9.59 Å². The summed E-state index contributed by atoms with van der Waals surface area (Å²) in [5, 5.41) is 66.9. The number of carbonyl (C=O) groups excluding carboxylic acids is 2. The van der Waals surface area contributed by atoms with Crippen molar-refractivity contribution in [2.75, 3.05) is 6.61 Å². The van der Waals surface area contributed by atoms with Gasteiger partial charge in [-0.25, -0.2) is 0 Å². The Morgan fingerprint density at radius 2 is 1.63 bits per heavy atom. The average Bonchev–Trinajstić information content (AvgIpc) is 3.12. The van der Waals surface area contributed by atoms with Gasteiger partial charge in [-0.15, -0.1) is 0 Å². The highest BCUT2D eigenvalue weighted by Gasteiger charge is 2.71. The third kappa shape index (κ3) is 3.65. The molecule has 0 amide bonds. The second-order valence-corrected chi connectivity index (χ2v) is 13.8. The molecule has 0 bridgehead atoms. The Kier molecular flexibility index (Phi) is 6.54. The lowest BCUT2D eigenvalue weighted by Gasteiger charge is -2.62. The van der Waals surface area contributed by atoms with Gasteiger partial charge in [-0.2, -0.15) is 0 Å². The molecular weight excluding hydrogens is 492 g/mol. The molecule has 1 heterocycles. The van der Waals surface area contributed by atoms with Crippen LogP contribution in [0.1, 0.15) is 79.1 Å². The molecule has 4 fully saturated rings. The van der Waals surface area contributed by atoms with Crippen LogP contribution in [0.5, 0.6) is 0 Å². The fourth-order valence-electron chi connectivity index (χ4n) is 9.36. The van der Waals surface area contributed by atoms with Gasteiger partial charge in [0.05, 0.1) is 35.4 Å². The van der Waals surface area contributed by atoms with E-state index in [0.717, 1.165) is 0 Å². The second-order valence-electron chi connectivity index (χ2n) is 13.8. The summed E-state index contributed by atoms with van der Waals surface area (Å²) in [4.78, 5) is 25.5. The molecule has 4 aliphatic carbocycles. The number of aliphatic hydroxyl groups excluding tert-OH is 3. The van der Waals surface area contributed by atoms with Crippen LogP contribution in [-0.2, 0) is 14.3 Å². The van der Waals surface area contributed by atoms with Crippen molar-refractivity contribution in [1.29, 1.82) is 0 Å². The summed E-state index contributed by atoms with van der Waals surface area (Å²) in [7, 11) is 0. The Bertz CT molecular complexity index is 1040. The van der Waals surface area contributed by atoms with Crippen molar-refractivity contribution in [3.8, 4) is 0 Å². The Balaban J connectivity index is 1.43. The van der Waals surface area contributed by atoms with Crippen LogP contribution < -0.4 is 0 Å². The van der Waals surface area contributed by atoms with E-state index in [2.05, 4.69) is 0 Å². The molecule has 3 saturated carbocycles. The molecule has 5 rings (SSSR count). The quantitative estimate of drug-likeness (QED) is 0.288. The molecule has 0 aromatic carbocycles. The molecule has 0 radical (unpaired) electrons. The van der Waals surface area contributed by atoms with E-state index in [4.69, 9.17) is 4.74 Å². The highest BCUT2D eigenvalue weighted by Crippen LogP contribution is 2.69. The predicted molar refractivity (Wildman–Crippen MR) is 135 cm³/mol. The van der Waals surface area contributed by atoms with Crippen LogP contribution in [0, 0.1) is 34.5 Å². The maximum Gasteiger partial charge on any atom is 0.309 e. The molecule has 6 N–H and O–H groups in total. The zero-order chi connectivity index (χ0) is 28.1. The molecular formula is C29H44O9. The molecule has 12 atom stereocenters. The summed E-state index contributed by atoms with van der Waals surface area (Å²) in [6.45, 7) is 7.21. The predicted octanol–water partition coefficient (Wildman–Crippen LogP) is 1.01. The topological polar surface area (TPSA) is 165 Å². The van der Waals surface area contributed by atoms with Gasteiger partial charge in [0.1, 0.15) is 12.2 Å². The third-order valence-corrected chi connectivity index (χ3v) is 11.9. The highest BCUT2D eigenvalue weighted by molar-refractivity contribution is 6.00. The number of carbonyl (C=O) groups is 2. The number of esters is 1. The number of hydrogen-bond donors (Lipinski definition) is 6. The van der Waals surface area contributed by atoms with Crippen molar-refractivity contribution in [3.63, 3.8) is 0 Å². The normalized spacial score (nSPS) is 52.3. The summed E-state index contributed by atoms with van der Waals surface area (Å²) in [6, 6.07) is 0. The number of ketones is 1. The van der Waals surface area contributed by atoms with Gasteiger partial charge in [0.25, 0.3) is 0 Å². The van der Waals surface area contributed by atoms with Crippen molar-refractivity contribution >= 4 is 11.8 Å². The molecule has 0 aromatic rings. The first-order valence-electron chi connectivity index (χ1n) is 14.2. The van der Waals surface area contributed by atoms with Gasteiger partial charge in [0, 0.05) is 23.2 Å². The van der Waals surface area contributed by atoms with Crippen molar-refractivity contribution in [3.05, 3.63) is 11.6 Å². The average molecular weight is 537 g/mol. The molecule has 0 aromatic heterocycles. The fraction of sp³-hybridized carbons (Fsp3) is 0.862. The zero-order valence-corrected chi connectivity index (χ0v) is 22.9. The lowest BCUT2D eigenvalue weighted by Crippen LogP contribution is -2.69. The Labute approximate surface area is 223 Å². The smallest absolute Gasteiger partial charge is 0.309 e. The number of fused-ring (bicyclic) bond motifs is 5. The summed E-state index contributed by atoms with van der Waals surface area (Å²) in [6.07, 6.45) is 0.937. The Morgan fingerprint density at radius 1 is 0.974 bits per heavy atom. The fourth-order valence-corrected chi connectivity index (χ4v) is 9.36. The minimum Gasteiger partial charge on any atom is -0.463 e. The SMILES string of the molecule is C[C@@H]1C(=O)OC[C@H](O)[C@H]1CC[C@](C)(O)[C@H]1CCC2(O)C3=CC(=O)[C@]4(O)C[C@@H](O)[C@@H](O)C[C@]4(C)[C@H]3CC[C@]12C. The molecule has 1 saturated heterocycles. The highest BCUT2D eigenvalue weighted by atomic mass is 16.5. The third-order valence-electron chi connectivity index (χ3n) is 11.9. The van der Waals surface area contributed by atoms with E-state index in [-0.39, 0.29) is 43.2 Å². The van der Waals surface area contributed by atoms with Crippen LogP contribution in [0.4, 0.5) is 0 Å². The first-order chi connectivity index (χ1) is 17.5. The van der Waals surface area contributed by atoms with Crippen LogP contribution in [0.3, 0.4) is 0 Å². The molecule has 9 heteroatoms. The Morgan fingerprint density at radius 3 is 2.32 bits per heavy atom. The summed E-state index contributed by atoms with van der Waals surface area (Å²) >= 11 is 0. The maximum absolute atomic E-state index is 13.4. The van der Waals surface area contributed by atoms with E-state index in [9.17, 15) is 40.2 Å². The van der Waals surface area contributed by atoms with Gasteiger partial charge in [0.15, 0.2) is 5.78 Å². The largest absolute Gasteiger partial charge is 0.463 e. The molecule has 214 valence electrons. The molecule has 1 aliphatic heterocycles. The number of cyclic esters (lactones) is 1. The van der Waals surface area contributed by atoms with E-state index in [1.54, 1.807) is 20.8 Å². The van der Waals surface area contributed by atoms with E-state index in [1.807, 2.05) is 6.92 Å². The maximum atomic E-state index is 13.4. The first kappa shape index (κ1) is 28.2. The molecule has 38 heavy (non-hydrogen) atoms. The molecule has 9 nitrogen and oxygen atoms in total. The van der Waals surface area contributed by atoms with E-state index in [1.165, 1.54) is 6.08 Å². The van der Waals surface area contributed by atoms with Gasteiger partial charge < -0.3 is 35.4 Å². The van der Waals surface area contributed by atoms with Gasteiger partial charge in [-0.05, 0) is 75.4 Å². The van der Waals surface area contributed by atoms with Gasteiger partial charge >= 0.3 is 5.97 Å². The summed E-state index contributed by atoms with van der Waals surface area (Å²) in [5.74, 6) is -2.33. The van der Waals surface area contributed by atoms with Crippen LogP contribution in [0.25, 0.3) is 0 Å². The zero-order valence-electron chi connectivity index (χ0n) is 22.9. The van der Waals surface area contributed by atoms with Crippen molar-refractivity contribution in [1.82, 2.24) is 0 Å². The van der Waals surface area contributed by atoms with Crippen LogP contribution >= 0.6 is 0 Å². The number of ether oxygens (including phenoxy) is 1. The number of hydrogen-bond acceptors (Lipinski definition) is 9. The second kappa shape index (κ2) is 8.82. The van der Waals surface area contributed by atoms with Crippen LogP contribution in [0.2, 0.25) is 0 Å². The van der Waals surface area contributed by atoms with Crippen molar-refractivity contribution in [2.45, 2.75) is 114 Å². The molecule has 5 aliphatic rings. The van der Waals surface area contributed by atoms with Crippen LogP contribution in [-0.4, -0.2) is 84.1 Å². The minimum absolute atomic E-state index is 0.0444. The van der Waals surface area contributed by atoms with Crippen LogP contribution in [0.15, 0.2) is 11.6 Å². The van der Waals surface area contributed by atoms with E-state index >= 15 is 0 Å². The Hall–Kier alpha value is -1.36. The molecule has 0 spiro atoms. The first-order valence-corrected chi connectivity index (χ1v) is 14.2. The standard InChI is InChI=1S/C29H44O9/c1-15-16(21(32)14-38-24(15)34)5-9-27(4,35)22-7-10-28(36)18-11-23(33)29(37)13-20(31)19(30)12-26(29,3)17(18)6-8-25(22,28)2/h11,15-17,19-22,30-32,35-37H,5-10,12-14H2,1-4H3/t15-,16-,17-,19-,20+,21-,22-,25+,26+,27-,28?,29+/m0/s1. The van der Waals surface area contributed by atoms with Crippen molar-refractivity contribution in [2.24, 2.45) is 34.5 Å². The summed E-state index contributed by atoms with van der Waals surface area (Å²) < 4.78 is 5.02. The lowest BCUT2D eigenvalue weighted by atomic mass is 9.44. The summed E-state index contributed by atoms with van der Waals surface area (Å²) in [5.41, 5.74) is -5.58. The number of rotatable bonds is 4. The van der Waals surface area contributed by atoms with E-state index < -0.39 is 57.6 Å². The minimum atomic E-state index is -1.81. The number of aliphatic hydroxyl groups is 6.